The van der Waals surface area contributed by atoms with Gasteiger partial charge in [0.2, 0.25) is 5.91 Å². The molecule has 0 saturated heterocycles. The van der Waals surface area contributed by atoms with E-state index in [9.17, 15) is 13.6 Å². The number of carbonyl (C=O) groups excluding carboxylic acids is 1. The third kappa shape index (κ3) is 3.66. The Bertz CT molecular complexity index is 475. The van der Waals surface area contributed by atoms with Gasteiger partial charge >= 0.3 is 0 Å². The average Bonchev–Trinajstić information content (AvgIpc) is 2.31. The van der Waals surface area contributed by atoms with E-state index in [1.807, 2.05) is 0 Å². The van der Waals surface area contributed by atoms with Gasteiger partial charge in [-0.1, -0.05) is 6.07 Å². The first kappa shape index (κ1) is 14.3. The summed E-state index contributed by atoms with van der Waals surface area (Å²) in [7, 11) is 1.73. The molecule has 0 aliphatic heterocycles. The summed E-state index contributed by atoms with van der Waals surface area (Å²) < 4.78 is 25.8. The Labute approximate surface area is 116 Å². The first-order valence-corrected chi connectivity index (χ1v) is 6.71. The molecule has 0 radical (unpaired) electrons. The van der Waals surface area contributed by atoms with Crippen molar-refractivity contribution < 1.29 is 13.6 Å². The van der Waals surface area contributed by atoms with Gasteiger partial charge < -0.3 is 4.90 Å². The number of benzene rings is 1. The summed E-state index contributed by atoms with van der Waals surface area (Å²) in [6, 6.07) is 3.55. The van der Waals surface area contributed by atoms with Crippen molar-refractivity contribution in [3.05, 3.63) is 35.4 Å². The molecular weight excluding hydrogens is 272 g/mol. The number of hydrogen-bond acceptors (Lipinski definition) is 1. The summed E-state index contributed by atoms with van der Waals surface area (Å²) >= 11 is 5.89. The second-order valence-corrected chi connectivity index (χ2v) is 5.75. The number of nitrogens with zero attached hydrogens (tertiary/aromatic N) is 1. The van der Waals surface area contributed by atoms with Crippen LogP contribution < -0.4 is 0 Å². The van der Waals surface area contributed by atoms with Crippen LogP contribution in [0.1, 0.15) is 18.4 Å². The van der Waals surface area contributed by atoms with Crippen LogP contribution in [0.5, 0.6) is 0 Å². The third-order valence-electron chi connectivity index (χ3n) is 3.48. The lowest BCUT2D eigenvalue weighted by atomic mass is 9.84. The largest absolute Gasteiger partial charge is 0.345 e. The van der Waals surface area contributed by atoms with E-state index in [0.29, 0.717) is 18.0 Å². The highest BCUT2D eigenvalue weighted by molar-refractivity contribution is 6.21. The molecule has 104 valence electrons. The van der Waals surface area contributed by atoms with Gasteiger partial charge in [0, 0.05) is 19.0 Å². The Morgan fingerprint density at radius 2 is 2.05 bits per heavy atom. The minimum Gasteiger partial charge on any atom is -0.345 e. The molecule has 1 aliphatic rings. The van der Waals surface area contributed by atoms with E-state index in [1.165, 1.54) is 6.07 Å². The molecule has 1 amide bonds. The first-order valence-electron chi connectivity index (χ1n) is 6.27. The van der Waals surface area contributed by atoms with Gasteiger partial charge in [-0.3, -0.25) is 4.79 Å². The summed E-state index contributed by atoms with van der Waals surface area (Å²) in [6.07, 6.45) is 1.96. The molecule has 2 rings (SSSR count). The standard InChI is InChI=1S/C14H16ClF2NO/c1-18(8-10-4-11(15)5-10)14(19)7-9-2-3-12(16)13(17)6-9/h2-3,6,10-11H,4-5,7-8H2,1H3. The van der Waals surface area contributed by atoms with E-state index in [2.05, 4.69) is 0 Å². The molecule has 1 aromatic carbocycles. The van der Waals surface area contributed by atoms with Crippen LogP contribution in [0, 0.1) is 17.6 Å². The van der Waals surface area contributed by atoms with Crippen LogP contribution in [0.25, 0.3) is 0 Å². The summed E-state index contributed by atoms with van der Waals surface area (Å²) in [5.41, 5.74) is 0.486. The lowest BCUT2D eigenvalue weighted by Crippen LogP contribution is -2.38. The van der Waals surface area contributed by atoms with E-state index in [0.717, 1.165) is 25.0 Å². The SMILES string of the molecule is CN(CC1CC(Cl)C1)C(=O)Cc1ccc(F)c(F)c1. The Morgan fingerprint density at radius 1 is 1.37 bits per heavy atom. The summed E-state index contributed by atoms with van der Waals surface area (Å²) in [4.78, 5) is 13.6. The summed E-state index contributed by atoms with van der Waals surface area (Å²) in [6.45, 7) is 0.672. The van der Waals surface area contributed by atoms with Crippen LogP contribution in [0.15, 0.2) is 18.2 Å². The maximum atomic E-state index is 13.0. The Kier molecular flexibility index (Phi) is 4.40. The Hall–Kier alpha value is -1.16. The number of halogens is 3. The molecule has 0 heterocycles. The highest BCUT2D eigenvalue weighted by atomic mass is 35.5. The molecule has 1 aliphatic carbocycles. The van der Waals surface area contributed by atoms with E-state index >= 15 is 0 Å². The molecule has 0 spiro atoms. The number of hydrogen-bond donors (Lipinski definition) is 0. The van der Waals surface area contributed by atoms with Crippen molar-refractivity contribution in [1.29, 1.82) is 0 Å². The normalized spacial score (nSPS) is 21.9. The van der Waals surface area contributed by atoms with Crippen LogP contribution in [0.4, 0.5) is 8.78 Å². The zero-order valence-electron chi connectivity index (χ0n) is 10.7. The maximum Gasteiger partial charge on any atom is 0.226 e. The van der Waals surface area contributed by atoms with Crippen molar-refractivity contribution in [1.82, 2.24) is 4.90 Å². The predicted octanol–water partition coefficient (Wildman–Crippen LogP) is 2.98. The molecule has 0 aromatic heterocycles. The Balaban J connectivity index is 1.87. The van der Waals surface area contributed by atoms with Crippen molar-refractivity contribution >= 4 is 17.5 Å². The van der Waals surface area contributed by atoms with Crippen molar-refractivity contribution in [3.63, 3.8) is 0 Å². The van der Waals surface area contributed by atoms with Gasteiger partial charge in [0.25, 0.3) is 0 Å². The van der Waals surface area contributed by atoms with E-state index in [1.54, 1.807) is 11.9 Å². The second-order valence-electron chi connectivity index (χ2n) is 5.13. The summed E-state index contributed by atoms with van der Waals surface area (Å²) in [5.74, 6) is -1.45. The molecule has 0 bridgehead atoms. The van der Waals surface area contributed by atoms with E-state index in [4.69, 9.17) is 11.6 Å². The topological polar surface area (TPSA) is 20.3 Å². The van der Waals surface area contributed by atoms with Crippen molar-refractivity contribution in [2.45, 2.75) is 24.6 Å². The van der Waals surface area contributed by atoms with Gasteiger partial charge in [-0.05, 0) is 36.5 Å². The quantitative estimate of drug-likeness (QED) is 0.780. The van der Waals surface area contributed by atoms with Crippen molar-refractivity contribution in [2.24, 2.45) is 5.92 Å². The molecule has 1 aromatic rings. The van der Waals surface area contributed by atoms with Crippen LogP contribution in [-0.4, -0.2) is 29.8 Å². The number of alkyl halides is 1. The van der Waals surface area contributed by atoms with Gasteiger partial charge in [0.05, 0.1) is 6.42 Å². The smallest absolute Gasteiger partial charge is 0.226 e. The van der Waals surface area contributed by atoms with Gasteiger partial charge in [-0.25, -0.2) is 8.78 Å². The van der Waals surface area contributed by atoms with Gasteiger partial charge in [0.1, 0.15) is 0 Å². The maximum absolute atomic E-state index is 13.0. The highest BCUT2D eigenvalue weighted by Crippen LogP contribution is 2.32. The minimum atomic E-state index is -0.920. The van der Waals surface area contributed by atoms with Gasteiger partial charge in [-0.15, -0.1) is 11.6 Å². The van der Waals surface area contributed by atoms with Crippen molar-refractivity contribution in [3.8, 4) is 0 Å². The molecule has 19 heavy (non-hydrogen) atoms. The van der Waals surface area contributed by atoms with Crippen LogP contribution in [0.3, 0.4) is 0 Å². The van der Waals surface area contributed by atoms with Crippen LogP contribution in [-0.2, 0) is 11.2 Å². The first-order chi connectivity index (χ1) is 8.95. The fourth-order valence-corrected chi connectivity index (χ4v) is 2.76. The number of likely N-dealkylation sites (N-methyl/N-ethyl adjacent to an activating group) is 1. The molecule has 2 nitrogen and oxygen atoms in total. The molecular formula is C14H16ClF2NO. The number of amides is 1. The lowest BCUT2D eigenvalue weighted by Gasteiger charge is -2.34. The monoisotopic (exact) mass is 287 g/mol. The molecule has 5 heteroatoms. The fourth-order valence-electron chi connectivity index (χ4n) is 2.25. The van der Waals surface area contributed by atoms with Crippen molar-refractivity contribution in [2.75, 3.05) is 13.6 Å². The molecule has 0 unspecified atom stereocenters. The average molecular weight is 288 g/mol. The molecule has 1 fully saturated rings. The second kappa shape index (κ2) is 5.87. The molecule has 0 N–H and O–H groups in total. The van der Waals surface area contributed by atoms with Crippen LogP contribution >= 0.6 is 11.6 Å². The van der Waals surface area contributed by atoms with E-state index in [-0.39, 0.29) is 17.7 Å². The molecule has 1 saturated carbocycles. The fraction of sp³-hybridized carbons (Fsp3) is 0.500. The number of rotatable bonds is 4. The van der Waals surface area contributed by atoms with Gasteiger partial charge in [-0.2, -0.15) is 0 Å². The van der Waals surface area contributed by atoms with E-state index < -0.39 is 11.6 Å². The zero-order chi connectivity index (χ0) is 14.0. The third-order valence-corrected chi connectivity index (χ3v) is 3.83. The van der Waals surface area contributed by atoms with Gasteiger partial charge in [0.15, 0.2) is 11.6 Å². The Morgan fingerprint density at radius 3 is 2.63 bits per heavy atom. The summed E-state index contributed by atoms with van der Waals surface area (Å²) in [5, 5.41) is 0.236. The highest BCUT2D eigenvalue weighted by Gasteiger charge is 2.29. The predicted molar refractivity (Wildman–Crippen MR) is 70.1 cm³/mol. The number of carbonyl (C=O) groups is 1. The minimum absolute atomic E-state index is 0.0880. The lowest BCUT2D eigenvalue weighted by molar-refractivity contribution is -0.130. The molecule has 0 atom stereocenters. The zero-order valence-corrected chi connectivity index (χ0v) is 11.5. The van der Waals surface area contributed by atoms with Crippen LogP contribution in [0.2, 0.25) is 0 Å².